The van der Waals surface area contributed by atoms with Crippen LogP contribution in [0.15, 0.2) is 36.4 Å². The quantitative estimate of drug-likeness (QED) is 0.561. The Morgan fingerprint density at radius 3 is 2.58 bits per heavy atom. The van der Waals surface area contributed by atoms with Gasteiger partial charge in [-0.25, -0.2) is 4.79 Å². The van der Waals surface area contributed by atoms with Gasteiger partial charge in [-0.15, -0.1) is 0 Å². The maximum Gasteiger partial charge on any atom is 0.340 e. The van der Waals surface area contributed by atoms with Gasteiger partial charge in [-0.2, -0.15) is 0 Å². The number of esters is 1. The Morgan fingerprint density at radius 2 is 1.88 bits per heavy atom. The van der Waals surface area contributed by atoms with E-state index in [-0.39, 0.29) is 18.4 Å². The third-order valence-corrected chi connectivity index (χ3v) is 5.44. The summed E-state index contributed by atoms with van der Waals surface area (Å²) < 4.78 is 16.7. The van der Waals surface area contributed by atoms with Crippen molar-refractivity contribution in [3.05, 3.63) is 53.1 Å². The van der Waals surface area contributed by atoms with Crippen LogP contribution in [0.3, 0.4) is 0 Å². The molecule has 0 saturated carbocycles. The van der Waals surface area contributed by atoms with Crippen molar-refractivity contribution in [2.24, 2.45) is 0 Å². The molecule has 1 saturated heterocycles. The second-order valence-corrected chi connectivity index (χ2v) is 8.50. The van der Waals surface area contributed by atoms with E-state index >= 15 is 0 Å². The molecule has 2 aromatic carbocycles. The number of nitrogens with zero attached hydrogens (tertiary/aromatic N) is 1. The Kier molecular flexibility index (Phi) is 8.72. The van der Waals surface area contributed by atoms with Crippen molar-refractivity contribution >= 4 is 23.3 Å². The number of aryl methyl sites for hydroxylation is 1. The molecule has 0 bridgehead atoms. The summed E-state index contributed by atoms with van der Waals surface area (Å²) >= 11 is 0. The zero-order valence-corrected chi connectivity index (χ0v) is 20.0. The summed E-state index contributed by atoms with van der Waals surface area (Å²) in [4.78, 5) is 27.4. The van der Waals surface area contributed by atoms with Crippen molar-refractivity contribution in [2.45, 2.75) is 40.0 Å². The Hall–Kier alpha value is -3.06. The molecule has 2 aromatic rings. The number of anilines is 2. The first-order valence-electron chi connectivity index (χ1n) is 11.6. The lowest BCUT2D eigenvalue weighted by Crippen LogP contribution is -2.37. The number of morpholine rings is 1. The predicted molar refractivity (Wildman–Crippen MR) is 129 cm³/mol. The van der Waals surface area contributed by atoms with Crippen LogP contribution in [0.2, 0.25) is 0 Å². The molecule has 1 aliphatic rings. The number of carbonyl (C=O) groups excluding carboxylic acids is 2. The molecule has 0 atom stereocenters. The number of nitrogens with one attached hydrogen (secondary N) is 1. The molecule has 0 spiro atoms. The lowest BCUT2D eigenvalue weighted by atomic mass is 10.0. The van der Waals surface area contributed by atoms with Gasteiger partial charge in [-0.1, -0.05) is 32.9 Å². The molecule has 1 aliphatic heterocycles. The maximum absolute atomic E-state index is 12.7. The average molecular weight is 455 g/mol. The van der Waals surface area contributed by atoms with E-state index in [9.17, 15) is 9.59 Å². The Bertz CT molecular complexity index is 967. The van der Waals surface area contributed by atoms with Crippen molar-refractivity contribution in [1.82, 2.24) is 0 Å². The van der Waals surface area contributed by atoms with Crippen molar-refractivity contribution in [3.8, 4) is 5.75 Å². The molecular weight excluding hydrogens is 420 g/mol. The highest BCUT2D eigenvalue weighted by molar-refractivity contribution is 5.99. The van der Waals surface area contributed by atoms with Crippen molar-refractivity contribution in [3.63, 3.8) is 0 Å². The van der Waals surface area contributed by atoms with E-state index in [1.165, 1.54) is 0 Å². The van der Waals surface area contributed by atoms with Crippen LogP contribution < -0.4 is 15.0 Å². The highest BCUT2D eigenvalue weighted by atomic mass is 16.5. The standard InChI is InChI=1S/C26H34N2O5/c1-5-12-32-26(30)22-16-20(7-9-23(22)28-10-13-31-14-11-28)27-25(29)17-33-24-15-19(4)6-8-21(24)18(2)3/h6-9,15-16,18H,5,10-14,17H2,1-4H3,(H,27,29). The second-order valence-electron chi connectivity index (χ2n) is 8.50. The number of amides is 1. The fourth-order valence-corrected chi connectivity index (χ4v) is 3.71. The van der Waals surface area contributed by atoms with Crippen LogP contribution >= 0.6 is 0 Å². The van der Waals surface area contributed by atoms with Gasteiger partial charge in [0.1, 0.15) is 5.75 Å². The van der Waals surface area contributed by atoms with Gasteiger partial charge in [0.05, 0.1) is 31.1 Å². The number of rotatable bonds is 9. The van der Waals surface area contributed by atoms with Crippen LogP contribution in [0, 0.1) is 6.92 Å². The largest absolute Gasteiger partial charge is 0.483 e. The van der Waals surface area contributed by atoms with Gasteiger partial charge in [-0.3, -0.25) is 4.79 Å². The third kappa shape index (κ3) is 6.71. The topological polar surface area (TPSA) is 77.1 Å². The lowest BCUT2D eigenvalue weighted by molar-refractivity contribution is -0.118. The first kappa shape index (κ1) is 24.6. The monoisotopic (exact) mass is 454 g/mol. The summed E-state index contributed by atoms with van der Waals surface area (Å²) in [7, 11) is 0. The number of carbonyl (C=O) groups is 2. The molecule has 7 heteroatoms. The molecule has 33 heavy (non-hydrogen) atoms. The van der Waals surface area contributed by atoms with E-state index in [0.717, 1.165) is 23.2 Å². The van der Waals surface area contributed by atoms with Crippen LogP contribution in [0.4, 0.5) is 11.4 Å². The Labute approximate surface area is 196 Å². The third-order valence-electron chi connectivity index (χ3n) is 5.44. The van der Waals surface area contributed by atoms with E-state index in [1.807, 2.05) is 38.1 Å². The van der Waals surface area contributed by atoms with Gasteiger partial charge in [0, 0.05) is 18.8 Å². The first-order valence-corrected chi connectivity index (χ1v) is 11.6. The predicted octanol–water partition coefficient (Wildman–Crippen LogP) is 4.54. The van der Waals surface area contributed by atoms with Gasteiger partial charge in [0.25, 0.3) is 5.91 Å². The summed E-state index contributed by atoms with van der Waals surface area (Å²) in [6.07, 6.45) is 0.740. The van der Waals surface area contributed by atoms with E-state index in [2.05, 4.69) is 24.1 Å². The molecule has 1 heterocycles. The molecule has 3 rings (SSSR count). The molecule has 1 amide bonds. The summed E-state index contributed by atoms with van der Waals surface area (Å²) in [5.41, 5.74) is 3.88. The minimum Gasteiger partial charge on any atom is -0.483 e. The first-order chi connectivity index (χ1) is 15.9. The normalized spacial score (nSPS) is 13.7. The average Bonchev–Trinajstić information content (AvgIpc) is 2.81. The smallest absolute Gasteiger partial charge is 0.340 e. The summed E-state index contributed by atoms with van der Waals surface area (Å²) in [5, 5.41) is 2.84. The fraction of sp³-hybridized carbons (Fsp3) is 0.462. The highest BCUT2D eigenvalue weighted by Crippen LogP contribution is 2.28. The van der Waals surface area contributed by atoms with E-state index in [4.69, 9.17) is 14.2 Å². The fourth-order valence-electron chi connectivity index (χ4n) is 3.71. The summed E-state index contributed by atoms with van der Waals surface area (Å²) in [5.74, 6) is 0.310. The minimum absolute atomic E-state index is 0.121. The summed E-state index contributed by atoms with van der Waals surface area (Å²) in [6.45, 7) is 11.0. The van der Waals surface area contributed by atoms with E-state index < -0.39 is 5.97 Å². The zero-order valence-electron chi connectivity index (χ0n) is 20.0. The molecule has 0 unspecified atom stereocenters. The molecule has 1 fully saturated rings. The van der Waals surface area contributed by atoms with Gasteiger partial charge in [-0.05, 0) is 54.7 Å². The van der Waals surface area contributed by atoms with E-state index in [1.54, 1.807) is 12.1 Å². The van der Waals surface area contributed by atoms with Crippen LogP contribution in [0.1, 0.15) is 54.6 Å². The van der Waals surface area contributed by atoms with Crippen LogP contribution in [-0.4, -0.2) is 51.4 Å². The Morgan fingerprint density at radius 1 is 1.12 bits per heavy atom. The molecule has 1 N–H and O–H groups in total. The molecule has 0 aliphatic carbocycles. The summed E-state index contributed by atoms with van der Waals surface area (Å²) in [6, 6.07) is 11.3. The van der Waals surface area contributed by atoms with Gasteiger partial charge in [0.15, 0.2) is 6.61 Å². The van der Waals surface area contributed by atoms with Crippen molar-refractivity contribution in [1.29, 1.82) is 0 Å². The lowest BCUT2D eigenvalue weighted by Gasteiger charge is -2.30. The van der Waals surface area contributed by atoms with E-state index in [0.29, 0.717) is 49.9 Å². The molecule has 0 aromatic heterocycles. The second kappa shape index (κ2) is 11.7. The highest BCUT2D eigenvalue weighted by Gasteiger charge is 2.21. The van der Waals surface area contributed by atoms with Crippen LogP contribution in [0.5, 0.6) is 5.75 Å². The van der Waals surface area contributed by atoms with Crippen LogP contribution in [-0.2, 0) is 14.3 Å². The van der Waals surface area contributed by atoms with Crippen molar-refractivity contribution < 1.29 is 23.8 Å². The number of benzene rings is 2. The van der Waals surface area contributed by atoms with Crippen LogP contribution in [0.25, 0.3) is 0 Å². The minimum atomic E-state index is -0.396. The van der Waals surface area contributed by atoms with Crippen molar-refractivity contribution in [2.75, 3.05) is 49.7 Å². The molecule has 0 radical (unpaired) electrons. The number of hydrogen-bond acceptors (Lipinski definition) is 6. The molecule has 7 nitrogen and oxygen atoms in total. The number of hydrogen-bond donors (Lipinski definition) is 1. The SMILES string of the molecule is CCCOC(=O)c1cc(NC(=O)COc2cc(C)ccc2C(C)C)ccc1N1CCOCC1. The van der Waals surface area contributed by atoms with Gasteiger partial charge in [0.2, 0.25) is 0 Å². The zero-order chi connectivity index (χ0) is 23.8. The maximum atomic E-state index is 12.7. The number of ether oxygens (including phenoxy) is 3. The molecule has 178 valence electrons. The molecular formula is C26H34N2O5. The van der Waals surface area contributed by atoms with Gasteiger partial charge >= 0.3 is 5.97 Å². The van der Waals surface area contributed by atoms with Gasteiger partial charge < -0.3 is 24.4 Å². The Balaban J connectivity index is 1.73.